The van der Waals surface area contributed by atoms with Gasteiger partial charge in [0, 0.05) is 0 Å². The van der Waals surface area contributed by atoms with Crippen LogP contribution in [0.2, 0.25) is 0 Å². The van der Waals surface area contributed by atoms with Crippen molar-refractivity contribution in [1.82, 2.24) is 0 Å². The fraction of sp³-hybridized carbons (Fsp3) is 0.800. The number of aliphatic hydroxyl groups is 6. The van der Waals surface area contributed by atoms with Crippen molar-refractivity contribution in [2.45, 2.75) is 30.5 Å². The van der Waals surface area contributed by atoms with Gasteiger partial charge in [0.25, 0.3) is 0 Å². The number of carbonyl (C=O) groups excluding carboxylic acids is 2. The number of hydrogen-bond acceptors (Lipinski definition) is 11. The van der Waals surface area contributed by atoms with E-state index in [2.05, 4.69) is 9.05 Å². The van der Waals surface area contributed by atoms with Crippen LogP contribution in [-0.4, -0.2) is 97.9 Å². The van der Waals surface area contributed by atoms with Crippen molar-refractivity contribution >= 4 is 19.9 Å². The highest BCUT2D eigenvalue weighted by Gasteiger charge is 2.34. The molecule has 12 nitrogen and oxygen atoms in total. The Kier molecular flexibility index (Phi) is 9.80. The van der Waals surface area contributed by atoms with Crippen LogP contribution in [0.25, 0.3) is 0 Å². The van der Waals surface area contributed by atoms with Crippen LogP contribution in [0, 0.1) is 0 Å². The van der Waals surface area contributed by atoms with Crippen LogP contribution in [-0.2, 0) is 23.2 Å². The minimum Gasteiger partial charge on any atom is -0.394 e. The van der Waals surface area contributed by atoms with Crippen LogP contribution in [0.4, 0.5) is 0 Å². The van der Waals surface area contributed by atoms with Crippen LogP contribution >= 0.6 is 7.82 Å². The van der Waals surface area contributed by atoms with Gasteiger partial charge < -0.3 is 40.3 Å². The normalized spacial score (nSPS) is 20.8. The van der Waals surface area contributed by atoms with E-state index in [0.29, 0.717) is 0 Å². The first-order valence-corrected chi connectivity index (χ1v) is 7.66. The summed E-state index contributed by atoms with van der Waals surface area (Å²) in [6, 6.07) is 0. The lowest BCUT2D eigenvalue weighted by Gasteiger charge is -2.23. The Hall–Kier alpha value is -0.790. The molecule has 0 spiro atoms. The summed E-state index contributed by atoms with van der Waals surface area (Å²) in [6.45, 7) is -3.14. The smallest absolute Gasteiger partial charge is 0.394 e. The monoisotopic (exact) mass is 362 g/mol. The van der Waals surface area contributed by atoms with Gasteiger partial charge in [0.05, 0.1) is 13.2 Å². The van der Waals surface area contributed by atoms with E-state index in [1.165, 1.54) is 0 Å². The Labute approximate surface area is 130 Å². The molecule has 0 saturated carbocycles. The number of rotatable bonds is 12. The lowest BCUT2D eigenvalue weighted by molar-refractivity contribution is -0.142. The molecular weight excluding hydrogens is 343 g/mol. The molecule has 0 aromatic heterocycles. The van der Waals surface area contributed by atoms with E-state index >= 15 is 0 Å². The second kappa shape index (κ2) is 10.2. The number of phosphoric ester groups is 1. The minimum absolute atomic E-state index is 0.0674. The van der Waals surface area contributed by atoms with Gasteiger partial charge in [-0.1, -0.05) is 0 Å². The maximum atomic E-state index is 11.5. The third-order valence-corrected chi connectivity index (χ3v) is 3.55. The van der Waals surface area contributed by atoms with E-state index in [0.717, 1.165) is 0 Å². The maximum absolute atomic E-state index is 11.5. The quantitative estimate of drug-likeness (QED) is 0.130. The van der Waals surface area contributed by atoms with Gasteiger partial charge in [-0.3, -0.25) is 13.8 Å². The van der Waals surface area contributed by atoms with Crippen molar-refractivity contribution in [1.29, 1.82) is 0 Å². The lowest BCUT2D eigenvalue weighted by atomic mass is 10.1. The van der Waals surface area contributed by atoms with Crippen molar-refractivity contribution < 1.29 is 58.7 Å². The van der Waals surface area contributed by atoms with Gasteiger partial charge in [-0.25, -0.2) is 4.57 Å². The molecule has 0 heterocycles. The highest BCUT2D eigenvalue weighted by Crippen LogP contribution is 2.44. The standard InChI is InChI=1S/C10H19O12P/c11-1-5(14)8(3-13)22-23(19,20)21-4-7(16)10(18)9(17)6(15)2-12/h3,5,7-12,14,16-18H,1-2,4H2,(H,19,20)/t5-,7-,8+,9-,10-/m1/s1. The Morgan fingerprint density at radius 3 is 2.13 bits per heavy atom. The molecule has 0 aliphatic carbocycles. The third-order valence-electron chi connectivity index (χ3n) is 2.57. The molecule has 0 aliphatic heterocycles. The highest BCUT2D eigenvalue weighted by atomic mass is 31.2. The lowest BCUT2D eigenvalue weighted by Crippen LogP contribution is -2.45. The molecule has 7 N–H and O–H groups in total. The predicted molar refractivity (Wildman–Crippen MR) is 69.9 cm³/mol. The maximum Gasteiger partial charge on any atom is 0.473 e. The molecule has 0 saturated heterocycles. The number of carbonyl (C=O) groups is 2. The molecule has 0 radical (unpaired) electrons. The molecule has 1 unspecified atom stereocenters. The molecule has 0 fully saturated rings. The zero-order valence-corrected chi connectivity index (χ0v) is 12.6. The summed E-state index contributed by atoms with van der Waals surface area (Å²) < 4.78 is 20.0. The molecule has 0 aliphatic rings. The molecule has 136 valence electrons. The summed E-state index contributed by atoms with van der Waals surface area (Å²) in [4.78, 5) is 30.8. The molecule has 0 bridgehead atoms. The number of Topliss-reactive ketones (excluding diaryl/α,β-unsaturated/α-hetero) is 1. The topological polar surface area (TPSA) is 211 Å². The van der Waals surface area contributed by atoms with Crippen molar-refractivity contribution in [3.8, 4) is 0 Å². The zero-order valence-electron chi connectivity index (χ0n) is 11.7. The molecule has 0 amide bonds. The van der Waals surface area contributed by atoms with Gasteiger partial charge in [0.15, 0.2) is 18.2 Å². The fourth-order valence-electron chi connectivity index (χ4n) is 1.24. The minimum atomic E-state index is -4.98. The number of ketones is 1. The van der Waals surface area contributed by atoms with E-state index in [-0.39, 0.29) is 6.29 Å². The highest BCUT2D eigenvalue weighted by molar-refractivity contribution is 7.47. The van der Waals surface area contributed by atoms with Gasteiger partial charge >= 0.3 is 7.82 Å². The zero-order chi connectivity index (χ0) is 18.2. The van der Waals surface area contributed by atoms with Crippen LogP contribution in [0.5, 0.6) is 0 Å². The molecule has 0 aromatic rings. The van der Waals surface area contributed by atoms with Crippen LogP contribution in [0.3, 0.4) is 0 Å². The van der Waals surface area contributed by atoms with E-state index < -0.39 is 63.9 Å². The van der Waals surface area contributed by atoms with Gasteiger partial charge in [0.1, 0.15) is 31.0 Å². The van der Waals surface area contributed by atoms with Crippen molar-refractivity contribution in [3.05, 3.63) is 0 Å². The Balaban J connectivity index is 4.60. The Bertz CT molecular complexity index is 428. The number of phosphoric acid groups is 1. The Morgan fingerprint density at radius 2 is 1.70 bits per heavy atom. The first kappa shape index (κ1) is 22.2. The second-order valence-electron chi connectivity index (χ2n) is 4.35. The van der Waals surface area contributed by atoms with E-state index in [9.17, 15) is 34.4 Å². The van der Waals surface area contributed by atoms with Crippen molar-refractivity contribution in [2.75, 3.05) is 19.8 Å². The molecular formula is C10H19O12P. The van der Waals surface area contributed by atoms with Gasteiger partial charge in [-0.2, -0.15) is 0 Å². The van der Waals surface area contributed by atoms with Crippen molar-refractivity contribution in [3.63, 3.8) is 0 Å². The van der Waals surface area contributed by atoms with Crippen molar-refractivity contribution in [2.24, 2.45) is 0 Å². The summed E-state index contributed by atoms with van der Waals surface area (Å²) in [7, 11) is -4.98. The second-order valence-corrected chi connectivity index (χ2v) is 5.75. The number of hydrogen-bond donors (Lipinski definition) is 7. The largest absolute Gasteiger partial charge is 0.473 e. The van der Waals surface area contributed by atoms with Crippen LogP contribution in [0.1, 0.15) is 0 Å². The van der Waals surface area contributed by atoms with E-state index in [1.807, 2.05) is 0 Å². The molecule has 6 atom stereocenters. The Morgan fingerprint density at radius 1 is 1.13 bits per heavy atom. The van der Waals surface area contributed by atoms with Gasteiger partial charge in [-0.15, -0.1) is 0 Å². The van der Waals surface area contributed by atoms with E-state index in [4.69, 9.17) is 15.3 Å². The SMILES string of the molecule is O=C[C@H](OP(=O)(O)OC[C@@H](O)[C@@H](O)[C@H](O)C(=O)CO)[C@H](O)CO. The number of aliphatic hydroxyl groups excluding tert-OH is 6. The fourth-order valence-corrected chi connectivity index (χ4v) is 2.14. The van der Waals surface area contributed by atoms with E-state index in [1.54, 1.807) is 0 Å². The summed E-state index contributed by atoms with van der Waals surface area (Å²) in [5.74, 6) is -1.20. The number of aldehydes is 1. The summed E-state index contributed by atoms with van der Waals surface area (Å²) in [5.41, 5.74) is 0. The molecule has 13 heteroatoms. The average Bonchev–Trinajstić information content (AvgIpc) is 2.54. The van der Waals surface area contributed by atoms with Crippen LogP contribution < -0.4 is 0 Å². The first-order valence-electron chi connectivity index (χ1n) is 6.17. The summed E-state index contributed by atoms with van der Waals surface area (Å²) in [6.07, 6.45) is -10.0. The molecule has 0 aromatic carbocycles. The predicted octanol–water partition coefficient (Wildman–Crippen LogP) is -4.32. The molecule has 23 heavy (non-hydrogen) atoms. The summed E-state index contributed by atoms with van der Waals surface area (Å²) in [5, 5.41) is 54.3. The van der Waals surface area contributed by atoms with Gasteiger partial charge in [-0.05, 0) is 0 Å². The average molecular weight is 362 g/mol. The molecule has 0 rings (SSSR count). The van der Waals surface area contributed by atoms with Crippen LogP contribution in [0.15, 0.2) is 0 Å². The third kappa shape index (κ3) is 7.54. The van der Waals surface area contributed by atoms with Gasteiger partial charge in [0.2, 0.25) is 0 Å². The first-order chi connectivity index (χ1) is 10.6. The summed E-state index contributed by atoms with van der Waals surface area (Å²) >= 11 is 0.